The number of halogens is 1. The van der Waals surface area contributed by atoms with Gasteiger partial charge < -0.3 is 10.1 Å². The van der Waals surface area contributed by atoms with Crippen molar-refractivity contribution in [3.8, 4) is 0 Å². The lowest BCUT2D eigenvalue weighted by Crippen LogP contribution is -2.21. The summed E-state index contributed by atoms with van der Waals surface area (Å²) in [7, 11) is 0. The monoisotopic (exact) mass is 362 g/mol. The van der Waals surface area contributed by atoms with Crippen LogP contribution in [-0.4, -0.2) is 23.4 Å². The van der Waals surface area contributed by atoms with Gasteiger partial charge in [0.1, 0.15) is 0 Å². The van der Waals surface area contributed by atoms with E-state index in [1.54, 1.807) is 12.1 Å². The standard InChI is InChI=1S/C17H15ClN2O5/c1-2-11-3-5-12(6-4-11)19-16(21)10-25-17(22)14-9-13(20(23)24)7-8-15(14)18/h3-9H,2,10H2,1H3,(H,19,21). The third-order valence-electron chi connectivity index (χ3n) is 3.36. The highest BCUT2D eigenvalue weighted by Gasteiger charge is 2.18. The number of rotatable bonds is 6. The molecule has 0 aliphatic rings. The Labute approximate surface area is 148 Å². The summed E-state index contributed by atoms with van der Waals surface area (Å²) in [4.78, 5) is 33.9. The van der Waals surface area contributed by atoms with Crippen molar-refractivity contribution in [3.63, 3.8) is 0 Å². The highest BCUT2D eigenvalue weighted by atomic mass is 35.5. The summed E-state index contributed by atoms with van der Waals surface area (Å²) in [5.74, 6) is -1.44. The number of non-ortho nitro benzene ring substituents is 1. The van der Waals surface area contributed by atoms with Gasteiger partial charge in [-0.05, 0) is 30.2 Å². The SMILES string of the molecule is CCc1ccc(NC(=O)COC(=O)c2cc([N+](=O)[O-])ccc2Cl)cc1. The number of carbonyl (C=O) groups excluding carboxylic acids is 2. The number of esters is 1. The van der Waals surface area contributed by atoms with Crippen LogP contribution in [0.15, 0.2) is 42.5 Å². The molecule has 0 saturated carbocycles. The molecule has 0 aliphatic carbocycles. The van der Waals surface area contributed by atoms with Crippen LogP contribution in [0.25, 0.3) is 0 Å². The highest BCUT2D eigenvalue weighted by molar-refractivity contribution is 6.33. The largest absolute Gasteiger partial charge is 0.452 e. The Balaban J connectivity index is 1.96. The molecule has 0 aliphatic heterocycles. The number of hydrogen-bond acceptors (Lipinski definition) is 5. The molecule has 0 aromatic heterocycles. The zero-order valence-corrected chi connectivity index (χ0v) is 14.1. The van der Waals surface area contributed by atoms with Crippen molar-refractivity contribution in [1.29, 1.82) is 0 Å². The van der Waals surface area contributed by atoms with E-state index in [1.807, 2.05) is 19.1 Å². The van der Waals surface area contributed by atoms with Crippen molar-refractivity contribution >= 4 is 34.9 Å². The maximum Gasteiger partial charge on any atom is 0.340 e. The van der Waals surface area contributed by atoms with Crippen LogP contribution in [0.5, 0.6) is 0 Å². The van der Waals surface area contributed by atoms with Crippen molar-refractivity contribution in [1.82, 2.24) is 0 Å². The van der Waals surface area contributed by atoms with Crippen LogP contribution in [0.2, 0.25) is 5.02 Å². The summed E-state index contributed by atoms with van der Waals surface area (Å²) in [6, 6.07) is 10.7. The van der Waals surface area contributed by atoms with Crippen molar-refractivity contribution in [2.75, 3.05) is 11.9 Å². The second kappa shape index (κ2) is 8.25. The number of carbonyl (C=O) groups is 2. The minimum atomic E-state index is -0.912. The molecule has 0 bridgehead atoms. The Kier molecular flexibility index (Phi) is 6.08. The molecule has 2 aromatic carbocycles. The van der Waals surface area contributed by atoms with Crippen molar-refractivity contribution in [2.24, 2.45) is 0 Å². The number of benzene rings is 2. The number of hydrogen-bond donors (Lipinski definition) is 1. The van der Waals surface area contributed by atoms with E-state index in [1.165, 1.54) is 12.1 Å². The number of anilines is 1. The first-order valence-corrected chi connectivity index (χ1v) is 7.78. The smallest absolute Gasteiger partial charge is 0.340 e. The molecule has 0 unspecified atom stereocenters. The summed E-state index contributed by atoms with van der Waals surface area (Å²) in [6.45, 7) is 1.49. The van der Waals surface area contributed by atoms with Crippen LogP contribution in [0, 0.1) is 10.1 Å². The van der Waals surface area contributed by atoms with Crippen LogP contribution in [0.3, 0.4) is 0 Å². The fourth-order valence-electron chi connectivity index (χ4n) is 2.01. The van der Waals surface area contributed by atoms with E-state index < -0.39 is 23.4 Å². The van der Waals surface area contributed by atoms with Gasteiger partial charge >= 0.3 is 5.97 Å². The lowest BCUT2D eigenvalue weighted by atomic mass is 10.1. The predicted octanol–water partition coefficient (Wildman–Crippen LogP) is 3.61. The average molecular weight is 363 g/mol. The first-order chi connectivity index (χ1) is 11.9. The summed E-state index contributed by atoms with van der Waals surface area (Å²) in [5, 5.41) is 13.3. The average Bonchev–Trinajstić information content (AvgIpc) is 2.60. The molecule has 8 heteroatoms. The number of ether oxygens (including phenoxy) is 1. The normalized spacial score (nSPS) is 10.2. The third-order valence-corrected chi connectivity index (χ3v) is 3.69. The lowest BCUT2D eigenvalue weighted by Gasteiger charge is -2.08. The molecule has 2 rings (SSSR count). The Morgan fingerprint density at radius 3 is 2.48 bits per heavy atom. The highest BCUT2D eigenvalue weighted by Crippen LogP contribution is 2.22. The van der Waals surface area contributed by atoms with E-state index in [0.717, 1.165) is 18.1 Å². The Hall–Kier alpha value is -2.93. The molecule has 1 N–H and O–H groups in total. The molecule has 25 heavy (non-hydrogen) atoms. The molecule has 0 fully saturated rings. The van der Waals surface area contributed by atoms with Gasteiger partial charge in [-0.15, -0.1) is 0 Å². The molecule has 7 nitrogen and oxygen atoms in total. The zero-order valence-electron chi connectivity index (χ0n) is 13.3. The second-order valence-electron chi connectivity index (χ2n) is 5.10. The maximum atomic E-state index is 12.0. The number of aryl methyl sites for hydroxylation is 1. The van der Waals surface area contributed by atoms with Crippen LogP contribution >= 0.6 is 11.6 Å². The van der Waals surface area contributed by atoms with Crippen LogP contribution in [0.4, 0.5) is 11.4 Å². The molecule has 2 aromatic rings. The number of nitrogens with one attached hydrogen (secondary N) is 1. The molecule has 0 radical (unpaired) electrons. The third kappa shape index (κ3) is 5.02. The van der Waals surface area contributed by atoms with Crippen molar-refractivity contribution in [3.05, 3.63) is 68.7 Å². The summed E-state index contributed by atoms with van der Waals surface area (Å²) < 4.78 is 4.86. The van der Waals surface area contributed by atoms with Gasteiger partial charge in [-0.2, -0.15) is 0 Å². The number of nitro groups is 1. The van der Waals surface area contributed by atoms with Crippen LogP contribution in [0.1, 0.15) is 22.8 Å². The quantitative estimate of drug-likeness (QED) is 0.481. The zero-order chi connectivity index (χ0) is 18.4. The first-order valence-electron chi connectivity index (χ1n) is 7.40. The fourth-order valence-corrected chi connectivity index (χ4v) is 2.21. The van der Waals surface area contributed by atoms with Gasteiger partial charge in [-0.3, -0.25) is 14.9 Å². The molecule has 0 heterocycles. The van der Waals surface area contributed by atoms with E-state index in [4.69, 9.17) is 16.3 Å². The van der Waals surface area contributed by atoms with E-state index in [0.29, 0.717) is 5.69 Å². The van der Waals surface area contributed by atoms with E-state index in [-0.39, 0.29) is 16.3 Å². The van der Waals surface area contributed by atoms with Crippen molar-refractivity contribution in [2.45, 2.75) is 13.3 Å². The predicted molar refractivity (Wildman–Crippen MR) is 92.8 cm³/mol. The molecule has 0 saturated heterocycles. The first kappa shape index (κ1) is 18.4. The van der Waals surface area contributed by atoms with Gasteiger partial charge in [0.25, 0.3) is 11.6 Å². The van der Waals surface area contributed by atoms with Gasteiger partial charge in [-0.25, -0.2) is 4.79 Å². The molecule has 0 atom stereocenters. The molecule has 0 spiro atoms. The van der Waals surface area contributed by atoms with Gasteiger partial charge in [0.05, 0.1) is 15.5 Å². The van der Waals surface area contributed by atoms with Crippen LogP contribution in [-0.2, 0) is 16.0 Å². The van der Waals surface area contributed by atoms with Crippen molar-refractivity contribution < 1.29 is 19.2 Å². The number of nitrogens with zero attached hydrogens (tertiary/aromatic N) is 1. The van der Waals surface area contributed by atoms with E-state index >= 15 is 0 Å². The minimum Gasteiger partial charge on any atom is -0.452 e. The topological polar surface area (TPSA) is 98.5 Å². The Bertz CT molecular complexity index is 805. The van der Waals surface area contributed by atoms with Crippen LogP contribution < -0.4 is 5.32 Å². The molecule has 130 valence electrons. The van der Waals surface area contributed by atoms with Gasteiger partial charge in [0.15, 0.2) is 6.61 Å². The van der Waals surface area contributed by atoms with Gasteiger partial charge in [0, 0.05) is 17.8 Å². The molecular weight excluding hydrogens is 348 g/mol. The molecular formula is C17H15ClN2O5. The summed E-state index contributed by atoms with van der Waals surface area (Å²) in [5.41, 5.74) is 1.24. The van der Waals surface area contributed by atoms with E-state index in [2.05, 4.69) is 5.32 Å². The Morgan fingerprint density at radius 2 is 1.88 bits per heavy atom. The number of amides is 1. The molecule has 1 amide bonds. The minimum absolute atomic E-state index is 0.00571. The maximum absolute atomic E-state index is 12.0. The van der Waals surface area contributed by atoms with Gasteiger partial charge in [-0.1, -0.05) is 30.7 Å². The Morgan fingerprint density at radius 1 is 1.20 bits per heavy atom. The lowest BCUT2D eigenvalue weighted by molar-refractivity contribution is -0.384. The summed E-state index contributed by atoms with van der Waals surface area (Å²) in [6.07, 6.45) is 0.885. The number of nitro benzene ring substituents is 1. The van der Waals surface area contributed by atoms with E-state index in [9.17, 15) is 19.7 Å². The van der Waals surface area contributed by atoms with Gasteiger partial charge in [0.2, 0.25) is 0 Å². The summed E-state index contributed by atoms with van der Waals surface area (Å²) >= 11 is 5.85. The fraction of sp³-hybridized carbons (Fsp3) is 0.176. The second-order valence-corrected chi connectivity index (χ2v) is 5.50.